The van der Waals surface area contributed by atoms with Gasteiger partial charge < -0.3 is 4.74 Å². The lowest BCUT2D eigenvalue weighted by molar-refractivity contribution is 0.290. The topological polar surface area (TPSA) is 27.1 Å². The molecule has 0 fully saturated rings. The first-order valence-electron chi connectivity index (χ1n) is 6.69. The number of rotatable bonds is 5. The third-order valence-electron chi connectivity index (χ3n) is 3.21. The SMILES string of the molecule is CCc1nn(CC)c(COc2cc(Cl)ccc2C)c1Cl. The second-order valence-electron chi connectivity index (χ2n) is 4.58. The van der Waals surface area contributed by atoms with E-state index in [1.54, 1.807) is 0 Å². The van der Waals surface area contributed by atoms with Crippen molar-refractivity contribution in [2.75, 3.05) is 0 Å². The minimum atomic E-state index is 0.390. The van der Waals surface area contributed by atoms with Gasteiger partial charge >= 0.3 is 0 Å². The van der Waals surface area contributed by atoms with E-state index in [0.29, 0.717) is 16.7 Å². The largest absolute Gasteiger partial charge is 0.487 e. The normalized spacial score (nSPS) is 10.8. The number of nitrogens with zero attached hydrogens (tertiary/aromatic N) is 2. The van der Waals surface area contributed by atoms with Gasteiger partial charge in [0.2, 0.25) is 0 Å². The highest BCUT2D eigenvalue weighted by Gasteiger charge is 2.15. The predicted octanol–water partition coefficient (Wildman–Crippen LogP) is 4.66. The van der Waals surface area contributed by atoms with Gasteiger partial charge in [0.15, 0.2) is 0 Å². The van der Waals surface area contributed by atoms with Gasteiger partial charge in [-0.05, 0) is 38.0 Å². The fourth-order valence-corrected chi connectivity index (χ4v) is 2.52. The van der Waals surface area contributed by atoms with E-state index in [1.807, 2.05) is 43.7 Å². The van der Waals surface area contributed by atoms with E-state index in [1.165, 1.54) is 0 Å². The van der Waals surface area contributed by atoms with Crippen LogP contribution in [-0.2, 0) is 19.6 Å². The van der Waals surface area contributed by atoms with E-state index in [0.717, 1.165) is 35.7 Å². The van der Waals surface area contributed by atoms with Crippen molar-refractivity contribution >= 4 is 23.2 Å². The number of hydrogen-bond acceptors (Lipinski definition) is 2. The van der Waals surface area contributed by atoms with E-state index >= 15 is 0 Å². The predicted molar refractivity (Wildman–Crippen MR) is 82.8 cm³/mol. The van der Waals surface area contributed by atoms with Gasteiger partial charge in [-0.3, -0.25) is 4.68 Å². The average Bonchev–Trinajstić information content (AvgIpc) is 2.75. The van der Waals surface area contributed by atoms with E-state index in [-0.39, 0.29) is 0 Å². The zero-order valence-corrected chi connectivity index (χ0v) is 13.4. The van der Waals surface area contributed by atoms with Crippen molar-refractivity contribution in [3.63, 3.8) is 0 Å². The molecule has 0 saturated heterocycles. The van der Waals surface area contributed by atoms with Crippen LogP contribution in [0.25, 0.3) is 0 Å². The Labute approximate surface area is 129 Å². The summed E-state index contributed by atoms with van der Waals surface area (Å²) < 4.78 is 7.75. The van der Waals surface area contributed by atoms with Crippen molar-refractivity contribution in [3.05, 3.63) is 45.2 Å². The van der Waals surface area contributed by atoms with E-state index < -0.39 is 0 Å². The molecular formula is C15H18Cl2N2O. The molecule has 2 aromatic rings. The summed E-state index contributed by atoms with van der Waals surface area (Å²) in [6.07, 6.45) is 0.815. The second kappa shape index (κ2) is 6.51. The Hall–Kier alpha value is -1.19. The number of halogens is 2. The molecule has 0 saturated carbocycles. The Kier molecular flexibility index (Phi) is 4.95. The van der Waals surface area contributed by atoms with Crippen molar-refractivity contribution in [2.24, 2.45) is 0 Å². The lowest BCUT2D eigenvalue weighted by Gasteiger charge is -2.11. The highest BCUT2D eigenvalue weighted by molar-refractivity contribution is 6.32. The molecule has 0 spiro atoms. The molecule has 0 N–H and O–H groups in total. The van der Waals surface area contributed by atoms with Crippen molar-refractivity contribution in [1.29, 1.82) is 0 Å². The van der Waals surface area contributed by atoms with E-state index in [2.05, 4.69) is 5.10 Å². The lowest BCUT2D eigenvalue weighted by atomic mass is 10.2. The first-order valence-corrected chi connectivity index (χ1v) is 7.45. The third kappa shape index (κ3) is 3.10. The van der Waals surface area contributed by atoms with E-state index in [9.17, 15) is 0 Å². The molecule has 0 radical (unpaired) electrons. The molecule has 0 aliphatic heterocycles. The first-order chi connectivity index (χ1) is 9.56. The van der Waals surface area contributed by atoms with Gasteiger partial charge in [-0.15, -0.1) is 0 Å². The summed E-state index contributed by atoms with van der Waals surface area (Å²) in [4.78, 5) is 0. The summed E-state index contributed by atoms with van der Waals surface area (Å²) >= 11 is 12.3. The Morgan fingerprint density at radius 2 is 2.00 bits per heavy atom. The van der Waals surface area contributed by atoms with Crippen LogP contribution < -0.4 is 4.74 Å². The molecule has 3 nitrogen and oxygen atoms in total. The van der Waals surface area contributed by atoms with E-state index in [4.69, 9.17) is 27.9 Å². The van der Waals surface area contributed by atoms with Crippen LogP contribution in [0.5, 0.6) is 5.75 Å². The minimum Gasteiger partial charge on any atom is -0.487 e. The maximum Gasteiger partial charge on any atom is 0.131 e. The molecule has 2 rings (SSSR count). The standard InChI is InChI=1S/C15H18Cl2N2O/c1-4-12-15(17)13(19(5-2)18-12)9-20-14-8-11(16)7-6-10(14)3/h6-8H,4-5,9H2,1-3H3. The summed E-state index contributed by atoms with van der Waals surface area (Å²) in [5.41, 5.74) is 2.86. The molecular weight excluding hydrogens is 295 g/mol. The Morgan fingerprint density at radius 1 is 1.25 bits per heavy atom. The summed E-state index contributed by atoms with van der Waals surface area (Å²) in [5, 5.41) is 5.84. The van der Waals surface area contributed by atoms with Crippen molar-refractivity contribution in [3.8, 4) is 5.75 Å². The van der Waals surface area contributed by atoms with Gasteiger partial charge in [0.1, 0.15) is 12.4 Å². The molecule has 1 heterocycles. The monoisotopic (exact) mass is 312 g/mol. The van der Waals surface area contributed by atoms with Gasteiger partial charge in [-0.2, -0.15) is 5.10 Å². The molecule has 1 aromatic carbocycles. The maximum atomic E-state index is 6.36. The van der Waals surface area contributed by atoms with Crippen molar-refractivity contribution in [1.82, 2.24) is 9.78 Å². The third-order valence-corrected chi connectivity index (χ3v) is 3.88. The van der Waals surface area contributed by atoms with Gasteiger partial charge in [-0.25, -0.2) is 0 Å². The number of aryl methyl sites for hydroxylation is 3. The zero-order valence-electron chi connectivity index (χ0n) is 11.9. The fourth-order valence-electron chi connectivity index (χ4n) is 2.03. The first kappa shape index (κ1) is 15.2. The molecule has 0 unspecified atom stereocenters. The van der Waals surface area contributed by atoms with Crippen LogP contribution >= 0.6 is 23.2 Å². The minimum absolute atomic E-state index is 0.390. The Morgan fingerprint density at radius 3 is 2.65 bits per heavy atom. The molecule has 0 bridgehead atoms. The molecule has 0 amide bonds. The smallest absolute Gasteiger partial charge is 0.131 e. The number of hydrogen-bond donors (Lipinski definition) is 0. The molecule has 0 atom stereocenters. The Balaban J connectivity index is 2.22. The molecule has 5 heteroatoms. The lowest BCUT2D eigenvalue weighted by Crippen LogP contribution is -2.07. The number of aromatic nitrogens is 2. The van der Waals surface area contributed by atoms with Crippen LogP contribution in [0.3, 0.4) is 0 Å². The highest BCUT2D eigenvalue weighted by Crippen LogP contribution is 2.26. The summed E-state index contributed by atoms with van der Waals surface area (Å²) in [6, 6.07) is 5.61. The molecule has 0 aliphatic rings. The van der Waals surface area contributed by atoms with Crippen LogP contribution in [-0.4, -0.2) is 9.78 Å². The fraction of sp³-hybridized carbons (Fsp3) is 0.400. The quantitative estimate of drug-likeness (QED) is 0.803. The van der Waals surface area contributed by atoms with Crippen LogP contribution in [0, 0.1) is 6.92 Å². The Bertz CT molecular complexity index is 608. The zero-order chi connectivity index (χ0) is 14.7. The van der Waals surface area contributed by atoms with Crippen LogP contribution in [0.2, 0.25) is 10.0 Å². The number of benzene rings is 1. The molecule has 108 valence electrons. The molecule has 0 aliphatic carbocycles. The van der Waals surface area contributed by atoms with Crippen LogP contribution in [0.4, 0.5) is 0 Å². The summed E-state index contributed by atoms with van der Waals surface area (Å²) in [7, 11) is 0. The number of ether oxygens (including phenoxy) is 1. The highest BCUT2D eigenvalue weighted by atomic mass is 35.5. The average molecular weight is 313 g/mol. The summed E-state index contributed by atoms with van der Waals surface area (Å²) in [5.74, 6) is 0.774. The summed E-state index contributed by atoms with van der Waals surface area (Å²) in [6.45, 7) is 7.23. The molecule has 1 aromatic heterocycles. The van der Waals surface area contributed by atoms with Crippen molar-refractivity contribution < 1.29 is 4.74 Å². The van der Waals surface area contributed by atoms with Gasteiger partial charge in [0.25, 0.3) is 0 Å². The second-order valence-corrected chi connectivity index (χ2v) is 5.39. The van der Waals surface area contributed by atoms with Crippen LogP contribution in [0.1, 0.15) is 30.8 Å². The van der Waals surface area contributed by atoms with Crippen LogP contribution in [0.15, 0.2) is 18.2 Å². The maximum absolute atomic E-state index is 6.36. The van der Waals surface area contributed by atoms with Gasteiger partial charge in [0.05, 0.1) is 16.4 Å². The van der Waals surface area contributed by atoms with Gasteiger partial charge in [-0.1, -0.05) is 36.2 Å². The van der Waals surface area contributed by atoms with Gasteiger partial charge in [0, 0.05) is 11.6 Å². The van der Waals surface area contributed by atoms with Crippen molar-refractivity contribution in [2.45, 2.75) is 40.3 Å². The molecule has 20 heavy (non-hydrogen) atoms.